The quantitative estimate of drug-likeness (QED) is 0.816. The summed E-state index contributed by atoms with van der Waals surface area (Å²) in [5, 5.41) is 2.68. The first-order valence-corrected chi connectivity index (χ1v) is 7.14. The van der Waals surface area contributed by atoms with Crippen LogP contribution in [-0.4, -0.2) is 17.8 Å². The fraction of sp³-hybridized carbons (Fsp3) is 0.500. The van der Waals surface area contributed by atoms with Crippen LogP contribution < -0.4 is 5.32 Å². The number of para-hydroxylation sites is 1. The van der Waals surface area contributed by atoms with Crippen LogP contribution >= 0.6 is 11.8 Å². The minimum Gasteiger partial charge on any atom is -0.325 e. The first-order valence-electron chi connectivity index (χ1n) is 6.15. The van der Waals surface area contributed by atoms with E-state index in [1.54, 1.807) is 24.3 Å². The lowest BCUT2D eigenvalue weighted by Gasteiger charge is -2.18. The molecule has 6 heteroatoms. The third-order valence-electron chi connectivity index (χ3n) is 2.24. The monoisotopic (exact) mass is 305 g/mol. The molecule has 1 N–H and O–H groups in total. The summed E-state index contributed by atoms with van der Waals surface area (Å²) in [4.78, 5) is 12.3. The van der Waals surface area contributed by atoms with Crippen LogP contribution in [0.5, 0.6) is 0 Å². The number of hydrogen-bond donors (Lipinski definition) is 1. The van der Waals surface area contributed by atoms with Crippen molar-refractivity contribution in [3.8, 4) is 0 Å². The summed E-state index contributed by atoms with van der Waals surface area (Å²) < 4.78 is 36.7. The number of hydrogen-bond acceptors (Lipinski definition) is 2. The van der Waals surface area contributed by atoms with Crippen LogP contribution in [0.1, 0.15) is 27.2 Å². The lowest BCUT2D eigenvalue weighted by Crippen LogP contribution is -2.20. The van der Waals surface area contributed by atoms with Crippen LogP contribution in [0, 0.1) is 5.41 Å². The van der Waals surface area contributed by atoms with E-state index in [0.29, 0.717) is 28.8 Å². The van der Waals surface area contributed by atoms with Crippen molar-refractivity contribution in [2.45, 2.75) is 38.3 Å². The van der Waals surface area contributed by atoms with Crippen LogP contribution in [0.3, 0.4) is 0 Å². The Morgan fingerprint density at radius 2 is 1.80 bits per heavy atom. The van der Waals surface area contributed by atoms with Gasteiger partial charge in [0, 0.05) is 11.3 Å². The maximum absolute atomic E-state index is 12.2. The number of nitrogens with one attached hydrogen (secondary N) is 1. The molecule has 0 atom stereocenters. The maximum atomic E-state index is 12.2. The van der Waals surface area contributed by atoms with Gasteiger partial charge in [-0.1, -0.05) is 32.9 Å². The van der Waals surface area contributed by atoms with Crippen LogP contribution in [0.4, 0.5) is 18.9 Å². The summed E-state index contributed by atoms with van der Waals surface area (Å²) in [6.07, 6.45) is -3.92. The zero-order chi connectivity index (χ0) is 15.4. The predicted molar refractivity (Wildman–Crippen MR) is 75.9 cm³/mol. The highest BCUT2D eigenvalue weighted by molar-refractivity contribution is 7.99. The number of benzene rings is 1. The average Bonchev–Trinajstić information content (AvgIpc) is 2.24. The van der Waals surface area contributed by atoms with Gasteiger partial charge in [-0.3, -0.25) is 4.79 Å². The smallest absolute Gasteiger partial charge is 0.325 e. The average molecular weight is 305 g/mol. The van der Waals surface area contributed by atoms with E-state index in [4.69, 9.17) is 0 Å². The molecule has 0 fully saturated rings. The highest BCUT2D eigenvalue weighted by Gasteiger charge is 2.27. The van der Waals surface area contributed by atoms with Gasteiger partial charge >= 0.3 is 6.18 Å². The second-order valence-corrected chi connectivity index (χ2v) is 6.70. The number of amides is 1. The summed E-state index contributed by atoms with van der Waals surface area (Å²) in [7, 11) is 0. The molecular weight excluding hydrogens is 287 g/mol. The normalized spacial score (nSPS) is 12.3. The number of halogens is 3. The van der Waals surface area contributed by atoms with Crippen molar-refractivity contribution in [1.82, 2.24) is 0 Å². The lowest BCUT2D eigenvalue weighted by atomic mass is 9.92. The molecule has 2 nitrogen and oxygen atoms in total. The van der Waals surface area contributed by atoms with E-state index in [1.807, 2.05) is 20.8 Å². The molecule has 0 bridgehead atoms. The molecule has 0 aliphatic carbocycles. The Balaban J connectivity index is 2.73. The molecule has 0 spiro atoms. The molecule has 0 aliphatic heterocycles. The highest BCUT2D eigenvalue weighted by Crippen LogP contribution is 2.32. The lowest BCUT2D eigenvalue weighted by molar-refractivity contribution is -0.117. The Bertz CT molecular complexity index is 466. The molecule has 20 heavy (non-hydrogen) atoms. The van der Waals surface area contributed by atoms with E-state index < -0.39 is 11.9 Å². The summed E-state index contributed by atoms with van der Waals surface area (Å²) in [5.41, 5.74) is 0.258. The zero-order valence-corrected chi connectivity index (χ0v) is 12.5. The van der Waals surface area contributed by atoms with Crippen molar-refractivity contribution < 1.29 is 18.0 Å². The van der Waals surface area contributed by atoms with Crippen molar-refractivity contribution in [2.75, 3.05) is 11.1 Å². The third kappa shape index (κ3) is 6.84. The molecule has 0 aliphatic rings. The van der Waals surface area contributed by atoms with Gasteiger partial charge < -0.3 is 5.32 Å². The fourth-order valence-corrected chi connectivity index (χ4v) is 2.30. The van der Waals surface area contributed by atoms with Gasteiger partial charge in [0.15, 0.2) is 0 Å². The maximum Gasteiger partial charge on any atom is 0.398 e. The molecular formula is C14H18F3NOS. The molecule has 0 saturated heterocycles. The van der Waals surface area contributed by atoms with E-state index in [-0.39, 0.29) is 11.3 Å². The molecule has 1 amide bonds. The molecule has 0 aromatic heterocycles. The minimum absolute atomic E-state index is 0.169. The largest absolute Gasteiger partial charge is 0.398 e. The van der Waals surface area contributed by atoms with Gasteiger partial charge in [0.25, 0.3) is 0 Å². The molecule has 1 aromatic carbocycles. The summed E-state index contributed by atoms with van der Waals surface area (Å²) in [6, 6.07) is 6.52. The van der Waals surface area contributed by atoms with Crippen LogP contribution in [0.25, 0.3) is 0 Å². The van der Waals surface area contributed by atoms with E-state index in [2.05, 4.69) is 5.32 Å². The molecule has 0 unspecified atom stereocenters. The number of rotatable bonds is 4. The third-order valence-corrected chi connectivity index (χ3v) is 3.38. The van der Waals surface area contributed by atoms with Crippen LogP contribution in [0.15, 0.2) is 29.2 Å². The van der Waals surface area contributed by atoms with E-state index in [9.17, 15) is 18.0 Å². The minimum atomic E-state index is -4.23. The first kappa shape index (κ1) is 16.9. The predicted octanol–water partition coefficient (Wildman–Crippen LogP) is 4.72. The Kier molecular flexibility index (Phi) is 5.50. The van der Waals surface area contributed by atoms with Crippen molar-refractivity contribution in [2.24, 2.45) is 5.41 Å². The highest BCUT2D eigenvalue weighted by atomic mass is 32.2. The molecule has 1 rings (SSSR count). The Morgan fingerprint density at radius 1 is 1.20 bits per heavy atom. The fourth-order valence-electron chi connectivity index (χ4n) is 1.53. The Labute approximate surface area is 121 Å². The molecule has 0 heterocycles. The van der Waals surface area contributed by atoms with Gasteiger partial charge in [0.1, 0.15) is 0 Å². The van der Waals surface area contributed by atoms with Crippen molar-refractivity contribution in [3.63, 3.8) is 0 Å². The van der Waals surface area contributed by atoms with Crippen molar-refractivity contribution in [3.05, 3.63) is 24.3 Å². The molecule has 112 valence electrons. The summed E-state index contributed by atoms with van der Waals surface area (Å²) in [5.74, 6) is -1.17. The number of carbonyl (C=O) groups is 1. The van der Waals surface area contributed by atoms with Gasteiger partial charge in [0.2, 0.25) is 5.91 Å². The second-order valence-electron chi connectivity index (χ2n) is 5.69. The van der Waals surface area contributed by atoms with Crippen molar-refractivity contribution >= 4 is 23.4 Å². The number of alkyl halides is 3. The van der Waals surface area contributed by atoms with Gasteiger partial charge in [-0.2, -0.15) is 13.2 Å². The Morgan fingerprint density at radius 3 is 2.35 bits per heavy atom. The van der Waals surface area contributed by atoms with E-state index >= 15 is 0 Å². The molecule has 0 radical (unpaired) electrons. The standard InChI is InChI=1S/C14H18F3NOS/c1-13(2,3)8-12(19)18-10-6-4-5-7-11(10)20-9-14(15,16)17/h4-7H,8-9H2,1-3H3,(H,18,19). The first-order chi connectivity index (χ1) is 9.07. The SMILES string of the molecule is CC(C)(C)CC(=O)Nc1ccccc1SCC(F)(F)F. The van der Waals surface area contributed by atoms with Crippen LogP contribution in [0.2, 0.25) is 0 Å². The summed E-state index contributed by atoms with van der Waals surface area (Å²) >= 11 is 0.674. The van der Waals surface area contributed by atoms with Gasteiger partial charge in [-0.05, 0) is 17.5 Å². The molecule has 1 aromatic rings. The number of carbonyl (C=O) groups excluding carboxylic acids is 1. The Hall–Kier alpha value is -1.17. The summed E-state index contributed by atoms with van der Waals surface area (Å²) in [6.45, 7) is 5.78. The topological polar surface area (TPSA) is 29.1 Å². The second kappa shape index (κ2) is 6.52. The van der Waals surface area contributed by atoms with Gasteiger partial charge in [-0.25, -0.2) is 0 Å². The molecule has 0 saturated carbocycles. The van der Waals surface area contributed by atoms with Gasteiger partial charge in [0.05, 0.1) is 11.4 Å². The number of anilines is 1. The van der Waals surface area contributed by atoms with E-state index in [1.165, 1.54) is 0 Å². The zero-order valence-electron chi connectivity index (χ0n) is 11.7. The van der Waals surface area contributed by atoms with Gasteiger partial charge in [-0.15, -0.1) is 11.8 Å². The van der Waals surface area contributed by atoms with Crippen LogP contribution in [-0.2, 0) is 4.79 Å². The van der Waals surface area contributed by atoms with Crippen molar-refractivity contribution in [1.29, 1.82) is 0 Å². The number of thioether (sulfide) groups is 1. The van der Waals surface area contributed by atoms with E-state index in [0.717, 1.165) is 0 Å².